The van der Waals surface area contributed by atoms with E-state index in [0.717, 1.165) is 38.9 Å². The third kappa shape index (κ3) is 12.9. The van der Waals surface area contributed by atoms with Crippen molar-refractivity contribution in [3.8, 4) is 40.2 Å². The van der Waals surface area contributed by atoms with E-state index >= 15 is 0 Å². The van der Waals surface area contributed by atoms with Crippen LogP contribution in [0, 0.1) is 0 Å². The van der Waals surface area contributed by atoms with Gasteiger partial charge in [0.05, 0.1) is 5.56 Å². The van der Waals surface area contributed by atoms with Gasteiger partial charge in [0.2, 0.25) is 5.75 Å². The van der Waals surface area contributed by atoms with Crippen molar-refractivity contribution in [1.29, 1.82) is 0 Å². The summed E-state index contributed by atoms with van der Waals surface area (Å²) in [5.74, 6) is 2.87. The maximum absolute atomic E-state index is 14.6. The van der Waals surface area contributed by atoms with Crippen molar-refractivity contribution < 1.29 is 42.7 Å². The zero-order valence-corrected chi connectivity index (χ0v) is 40.2. The maximum atomic E-state index is 14.6. The van der Waals surface area contributed by atoms with Crippen LogP contribution in [0.5, 0.6) is 40.2 Å². The number of carbonyl (C=O) groups is 1. The Kier molecular flexibility index (Phi) is 15.5. The van der Waals surface area contributed by atoms with E-state index in [-0.39, 0.29) is 32.8 Å². The Hall–Kier alpha value is -8.95. The number of esters is 1. The highest BCUT2D eigenvalue weighted by Crippen LogP contribution is 2.48. The predicted octanol–water partition coefficient (Wildman–Crippen LogP) is 14.1. The summed E-state index contributed by atoms with van der Waals surface area (Å²) < 4.78 is 53.1. The van der Waals surface area contributed by atoms with Gasteiger partial charge in [-0.25, -0.2) is 4.79 Å². The zero-order valence-electron chi connectivity index (χ0n) is 40.2. The first-order chi connectivity index (χ1) is 36.1. The topological polar surface area (TPSA) is 90.9 Å². The zero-order chi connectivity index (χ0) is 49.4. The fraction of sp³-hybridized carbons (Fsp3) is 0.141. The smallest absolute Gasteiger partial charge is 0.338 e. The minimum Gasteiger partial charge on any atom is -0.489 e. The summed E-state index contributed by atoms with van der Waals surface area (Å²) in [6.07, 6.45) is -1.54. The van der Waals surface area contributed by atoms with Crippen molar-refractivity contribution >= 4 is 5.97 Å². The monoisotopic (exact) mass is 966 g/mol. The third-order valence-corrected chi connectivity index (χ3v) is 12.3. The first-order valence-corrected chi connectivity index (χ1v) is 24.4. The fourth-order valence-electron chi connectivity index (χ4n) is 8.48. The van der Waals surface area contributed by atoms with Gasteiger partial charge in [0.15, 0.2) is 17.6 Å². The standard InChI is InChI=1S/C64H54O9/c65-64(52-32-19-33-54(34-52)66-40-46-20-7-1-8-21-46)73-61-39-56-57(68-42-48-24-11-3-12-25-48)37-55(67-41-47-22-9-2-10-23-47)38-58(56)72-62(61)53-35-59(69-43-49-26-13-4-14-27-49)63(71-45-51-30-17-6-18-31-51)60(36-53)70-44-50-28-15-5-16-29-50/h1-38,61-62H,39-45H2. The van der Waals surface area contributed by atoms with E-state index in [1.807, 2.05) is 212 Å². The summed E-state index contributed by atoms with van der Waals surface area (Å²) in [6, 6.07) is 74.2. The van der Waals surface area contributed by atoms with Crippen molar-refractivity contribution in [3.63, 3.8) is 0 Å². The lowest BCUT2D eigenvalue weighted by Crippen LogP contribution is -2.35. The van der Waals surface area contributed by atoms with Crippen molar-refractivity contribution in [2.24, 2.45) is 0 Å². The van der Waals surface area contributed by atoms with Gasteiger partial charge < -0.3 is 37.9 Å². The van der Waals surface area contributed by atoms with Crippen LogP contribution in [0.2, 0.25) is 0 Å². The van der Waals surface area contributed by atoms with Gasteiger partial charge in [0.1, 0.15) is 68.7 Å². The molecule has 9 heteroatoms. The highest BCUT2D eigenvalue weighted by molar-refractivity contribution is 5.90. The molecule has 1 aliphatic rings. The molecule has 0 bridgehead atoms. The van der Waals surface area contributed by atoms with E-state index in [1.54, 1.807) is 18.2 Å². The summed E-state index contributed by atoms with van der Waals surface area (Å²) in [4.78, 5) is 14.6. The molecule has 0 spiro atoms. The van der Waals surface area contributed by atoms with Crippen LogP contribution < -0.4 is 33.2 Å². The molecule has 364 valence electrons. The molecule has 2 unspecified atom stereocenters. The van der Waals surface area contributed by atoms with Gasteiger partial charge in [-0.2, -0.15) is 0 Å². The van der Waals surface area contributed by atoms with Gasteiger partial charge in [-0.05, 0) is 63.7 Å². The summed E-state index contributed by atoms with van der Waals surface area (Å²) in [6.45, 7) is 1.68. The van der Waals surface area contributed by atoms with E-state index in [0.29, 0.717) is 64.6 Å². The van der Waals surface area contributed by atoms with Gasteiger partial charge in [0.25, 0.3) is 0 Å². The Morgan fingerprint density at radius 1 is 0.397 bits per heavy atom. The number of fused-ring (bicyclic) bond motifs is 1. The Bertz CT molecular complexity index is 3110. The SMILES string of the molecule is O=C(OC1Cc2c(OCc3ccccc3)cc(OCc3ccccc3)cc2OC1c1cc(OCc2ccccc2)c(OCc2ccccc2)c(OCc2ccccc2)c1)c1cccc(OCc2ccccc2)c1. The fourth-order valence-corrected chi connectivity index (χ4v) is 8.48. The van der Waals surface area contributed by atoms with Crippen LogP contribution in [0.25, 0.3) is 0 Å². The Balaban J connectivity index is 1.05. The summed E-state index contributed by atoms with van der Waals surface area (Å²) in [5, 5.41) is 0. The molecule has 1 aliphatic heterocycles. The molecule has 0 amide bonds. The Labute approximate surface area is 426 Å². The predicted molar refractivity (Wildman–Crippen MR) is 280 cm³/mol. The third-order valence-electron chi connectivity index (χ3n) is 12.3. The van der Waals surface area contributed by atoms with Gasteiger partial charge in [-0.3, -0.25) is 0 Å². The summed E-state index contributed by atoms with van der Waals surface area (Å²) in [5.41, 5.74) is 7.57. The Morgan fingerprint density at radius 3 is 1.27 bits per heavy atom. The molecule has 10 rings (SSSR count). The molecule has 1 heterocycles. The van der Waals surface area contributed by atoms with E-state index in [4.69, 9.17) is 37.9 Å². The lowest BCUT2D eigenvalue weighted by Gasteiger charge is -2.35. The van der Waals surface area contributed by atoms with E-state index in [2.05, 4.69) is 0 Å². The number of hydrogen-bond donors (Lipinski definition) is 0. The van der Waals surface area contributed by atoms with Crippen LogP contribution in [0.1, 0.15) is 61.0 Å². The Morgan fingerprint density at radius 2 is 0.808 bits per heavy atom. The molecule has 73 heavy (non-hydrogen) atoms. The molecule has 9 nitrogen and oxygen atoms in total. The average Bonchev–Trinajstić information content (AvgIpc) is 3.45. The van der Waals surface area contributed by atoms with Crippen LogP contribution in [0.3, 0.4) is 0 Å². The molecular formula is C64H54O9. The highest BCUT2D eigenvalue weighted by atomic mass is 16.6. The molecule has 0 aromatic heterocycles. The van der Waals surface area contributed by atoms with Gasteiger partial charge in [-0.1, -0.05) is 188 Å². The molecule has 0 saturated heterocycles. The van der Waals surface area contributed by atoms with E-state index < -0.39 is 18.2 Å². The molecule has 9 aromatic rings. The van der Waals surface area contributed by atoms with Gasteiger partial charge >= 0.3 is 5.97 Å². The van der Waals surface area contributed by atoms with Crippen LogP contribution in [0.15, 0.2) is 231 Å². The normalized spacial score (nSPS) is 13.6. The molecule has 2 atom stereocenters. The lowest BCUT2D eigenvalue weighted by atomic mass is 9.93. The highest BCUT2D eigenvalue weighted by Gasteiger charge is 2.38. The minimum absolute atomic E-state index is 0.228. The van der Waals surface area contributed by atoms with Crippen LogP contribution in [-0.4, -0.2) is 12.1 Å². The molecule has 9 aromatic carbocycles. The second-order valence-corrected chi connectivity index (χ2v) is 17.6. The molecule has 0 saturated carbocycles. The van der Waals surface area contributed by atoms with E-state index in [1.165, 1.54) is 0 Å². The molecular weight excluding hydrogens is 913 g/mol. The first-order valence-electron chi connectivity index (χ1n) is 24.4. The molecule has 0 N–H and O–H groups in total. The van der Waals surface area contributed by atoms with Crippen molar-refractivity contribution in [2.45, 2.75) is 58.3 Å². The van der Waals surface area contributed by atoms with Crippen LogP contribution in [-0.2, 0) is 50.8 Å². The number of benzene rings is 9. The van der Waals surface area contributed by atoms with Gasteiger partial charge in [0, 0.05) is 29.7 Å². The quantitative estimate of drug-likeness (QED) is 0.0653. The maximum Gasteiger partial charge on any atom is 0.338 e. The number of ether oxygens (including phenoxy) is 8. The van der Waals surface area contributed by atoms with E-state index in [9.17, 15) is 4.79 Å². The largest absolute Gasteiger partial charge is 0.489 e. The minimum atomic E-state index is -0.887. The summed E-state index contributed by atoms with van der Waals surface area (Å²) >= 11 is 0. The van der Waals surface area contributed by atoms with Crippen molar-refractivity contribution in [1.82, 2.24) is 0 Å². The average molecular weight is 967 g/mol. The second-order valence-electron chi connectivity index (χ2n) is 17.6. The second kappa shape index (κ2) is 23.8. The van der Waals surface area contributed by atoms with Crippen LogP contribution in [0.4, 0.5) is 0 Å². The number of carbonyl (C=O) groups excluding carboxylic acids is 1. The number of hydrogen-bond acceptors (Lipinski definition) is 9. The number of rotatable bonds is 21. The van der Waals surface area contributed by atoms with Crippen molar-refractivity contribution in [3.05, 3.63) is 281 Å². The van der Waals surface area contributed by atoms with Gasteiger partial charge in [-0.15, -0.1) is 0 Å². The first kappa shape index (κ1) is 47.7. The molecule has 0 fully saturated rings. The van der Waals surface area contributed by atoms with Crippen LogP contribution >= 0.6 is 0 Å². The molecule has 0 radical (unpaired) electrons. The summed E-state index contributed by atoms with van der Waals surface area (Å²) in [7, 11) is 0. The lowest BCUT2D eigenvalue weighted by molar-refractivity contribution is -0.0191. The molecule has 0 aliphatic carbocycles. The van der Waals surface area contributed by atoms with Crippen molar-refractivity contribution in [2.75, 3.05) is 0 Å².